The van der Waals surface area contributed by atoms with Crippen molar-refractivity contribution in [3.8, 4) is 0 Å². The molecule has 36 heavy (non-hydrogen) atoms. The van der Waals surface area contributed by atoms with Gasteiger partial charge in [0.1, 0.15) is 0 Å². The van der Waals surface area contributed by atoms with E-state index in [0.717, 1.165) is 37.6 Å². The summed E-state index contributed by atoms with van der Waals surface area (Å²) in [5.74, 6) is 0.134. The molecular formula is C25H26ClF4N5O. The largest absolute Gasteiger partial charge is 0.417 e. The predicted octanol–water partition coefficient (Wildman–Crippen LogP) is 4.65. The standard InChI is InChI=1S/C25H26ClF4N5O/c26-22-4-1-17(11-21(22)25(28,29)30)16-5-9-34(10-6-16)23(36)7-8-33-14-19-2-3-20(15-33)35(19)24-31-12-18(27)13-32-24/h1,4-5,11-13,19-20H,2-3,6-10,14-15H2. The normalized spacial score (nSPS) is 22.6. The van der Waals surface area contributed by atoms with Crippen LogP contribution in [0.3, 0.4) is 0 Å². The first-order valence-corrected chi connectivity index (χ1v) is 12.4. The number of hydrogen-bond acceptors (Lipinski definition) is 5. The number of piperazine rings is 1. The molecule has 1 aromatic heterocycles. The van der Waals surface area contributed by atoms with Crippen LogP contribution in [0.5, 0.6) is 0 Å². The van der Waals surface area contributed by atoms with Gasteiger partial charge in [0.2, 0.25) is 11.9 Å². The van der Waals surface area contributed by atoms with E-state index in [-0.39, 0.29) is 23.0 Å². The van der Waals surface area contributed by atoms with Gasteiger partial charge in [0.05, 0.1) is 23.0 Å². The topological polar surface area (TPSA) is 52.6 Å². The van der Waals surface area contributed by atoms with E-state index in [1.165, 1.54) is 18.5 Å². The molecule has 0 radical (unpaired) electrons. The maximum absolute atomic E-state index is 13.2. The summed E-state index contributed by atoms with van der Waals surface area (Å²) in [6.45, 7) is 3.08. The van der Waals surface area contributed by atoms with Gasteiger partial charge in [0, 0.05) is 51.2 Å². The smallest absolute Gasteiger partial charge is 0.339 e. The lowest BCUT2D eigenvalue weighted by Crippen LogP contribution is -2.55. The van der Waals surface area contributed by atoms with E-state index in [1.54, 1.807) is 11.0 Å². The third-order valence-electron chi connectivity index (χ3n) is 7.24. The Labute approximate surface area is 211 Å². The quantitative estimate of drug-likeness (QED) is 0.534. The summed E-state index contributed by atoms with van der Waals surface area (Å²) in [5.41, 5.74) is 0.426. The highest BCUT2D eigenvalue weighted by atomic mass is 35.5. The molecule has 2 bridgehead atoms. The van der Waals surface area contributed by atoms with Gasteiger partial charge in [-0.2, -0.15) is 13.2 Å². The second-order valence-corrected chi connectivity index (χ2v) is 9.92. The lowest BCUT2D eigenvalue weighted by molar-refractivity contribution is -0.137. The van der Waals surface area contributed by atoms with Crippen LogP contribution in [0, 0.1) is 5.82 Å². The average molecular weight is 524 g/mol. The molecule has 5 rings (SSSR count). The van der Waals surface area contributed by atoms with E-state index in [1.807, 2.05) is 6.08 Å². The van der Waals surface area contributed by atoms with Crippen LogP contribution in [-0.2, 0) is 11.0 Å². The molecule has 2 saturated heterocycles. The number of carbonyl (C=O) groups is 1. The number of likely N-dealkylation sites (tertiary alicyclic amines) is 1. The van der Waals surface area contributed by atoms with Crippen molar-refractivity contribution in [3.05, 3.63) is 58.6 Å². The summed E-state index contributed by atoms with van der Waals surface area (Å²) in [5, 5.41) is -0.320. The van der Waals surface area contributed by atoms with Crippen molar-refractivity contribution in [1.29, 1.82) is 0 Å². The van der Waals surface area contributed by atoms with Crippen LogP contribution in [-0.4, -0.2) is 70.5 Å². The van der Waals surface area contributed by atoms with E-state index >= 15 is 0 Å². The molecule has 4 heterocycles. The summed E-state index contributed by atoms with van der Waals surface area (Å²) in [6, 6.07) is 4.42. The lowest BCUT2D eigenvalue weighted by atomic mass is 9.97. The fraction of sp³-hybridized carbons (Fsp3) is 0.480. The molecule has 0 aliphatic carbocycles. The molecule has 6 nitrogen and oxygen atoms in total. The number of halogens is 5. The van der Waals surface area contributed by atoms with Crippen LogP contribution in [0.1, 0.15) is 36.8 Å². The Morgan fingerprint density at radius 3 is 2.42 bits per heavy atom. The number of carbonyl (C=O) groups excluding carboxylic acids is 1. The minimum Gasteiger partial charge on any atom is -0.339 e. The number of rotatable bonds is 5. The number of hydrogen-bond donors (Lipinski definition) is 0. The molecule has 1 aromatic carbocycles. The molecule has 192 valence electrons. The van der Waals surface area contributed by atoms with Crippen LogP contribution in [0.15, 0.2) is 36.7 Å². The SMILES string of the molecule is O=C(CCN1CC2CCC(C1)N2c1ncc(F)cn1)N1CC=C(c2ccc(Cl)c(C(F)(F)F)c2)CC1. The van der Waals surface area contributed by atoms with Gasteiger partial charge in [0.25, 0.3) is 0 Å². The first-order valence-electron chi connectivity index (χ1n) is 12.0. The highest BCUT2D eigenvalue weighted by molar-refractivity contribution is 6.31. The first kappa shape index (κ1) is 25.0. The zero-order valence-corrected chi connectivity index (χ0v) is 20.3. The minimum absolute atomic E-state index is 0.0361. The molecule has 1 amide bonds. The van der Waals surface area contributed by atoms with E-state index in [2.05, 4.69) is 19.8 Å². The molecule has 0 spiro atoms. The monoisotopic (exact) mass is 523 g/mol. The van der Waals surface area contributed by atoms with Gasteiger partial charge < -0.3 is 9.80 Å². The molecule has 2 fully saturated rings. The molecule has 3 aliphatic rings. The highest BCUT2D eigenvalue weighted by Crippen LogP contribution is 2.37. The number of benzene rings is 1. The Hall–Kier alpha value is -2.72. The average Bonchev–Trinajstić information content (AvgIpc) is 3.12. The summed E-state index contributed by atoms with van der Waals surface area (Å²) < 4.78 is 52.8. The first-order chi connectivity index (χ1) is 17.2. The zero-order chi connectivity index (χ0) is 25.4. The Morgan fingerprint density at radius 2 is 1.81 bits per heavy atom. The Balaban J connectivity index is 1.14. The van der Waals surface area contributed by atoms with Gasteiger partial charge in [-0.25, -0.2) is 14.4 Å². The van der Waals surface area contributed by atoms with Crippen LogP contribution in [0.2, 0.25) is 5.02 Å². The molecule has 2 aromatic rings. The molecule has 3 aliphatic heterocycles. The van der Waals surface area contributed by atoms with Gasteiger partial charge in [0.15, 0.2) is 5.82 Å². The van der Waals surface area contributed by atoms with Crippen molar-refractivity contribution in [1.82, 2.24) is 19.8 Å². The Bertz CT molecular complexity index is 1140. The highest BCUT2D eigenvalue weighted by Gasteiger charge is 2.41. The molecule has 2 atom stereocenters. The van der Waals surface area contributed by atoms with Gasteiger partial charge in [-0.15, -0.1) is 0 Å². The summed E-state index contributed by atoms with van der Waals surface area (Å²) in [7, 11) is 0. The number of alkyl halides is 3. The van der Waals surface area contributed by atoms with Gasteiger partial charge >= 0.3 is 6.18 Å². The lowest BCUT2D eigenvalue weighted by Gasteiger charge is -2.41. The Morgan fingerprint density at radius 1 is 1.11 bits per heavy atom. The molecule has 0 saturated carbocycles. The molecular weight excluding hydrogens is 498 g/mol. The second-order valence-electron chi connectivity index (χ2n) is 9.51. The van der Waals surface area contributed by atoms with Crippen LogP contribution >= 0.6 is 11.6 Å². The molecule has 2 unspecified atom stereocenters. The number of aromatic nitrogens is 2. The van der Waals surface area contributed by atoms with Crippen molar-refractivity contribution in [2.75, 3.05) is 37.6 Å². The van der Waals surface area contributed by atoms with Gasteiger partial charge in [-0.3, -0.25) is 9.69 Å². The van der Waals surface area contributed by atoms with Gasteiger partial charge in [-0.05, 0) is 42.5 Å². The van der Waals surface area contributed by atoms with Crippen molar-refractivity contribution >= 4 is 29.0 Å². The second kappa shape index (κ2) is 9.97. The number of amides is 1. The van der Waals surface area contributed by atoms with E-state index in [4.69, 9.17) is 11.6 Å². The summed E-state index contributed by atoms with van der Waals surface area (Å²) >= 11 is 5.73. The minimum atomic E-state index is -4.51. The maximum Gasteiger partial charge on any atom is 0.417 e. The predicted molar refractivity (Wildman–Crippen MR) is 128 cm³/mol. The van der Waals surface area contributed by atoms with Crippen molar-refractivity contribution in [3.63, 3.8) is 0 Å². The van der Waals surface area contributed by atoms with E-state index < -0.39 is 17.6 Å². The van der Waals surface area contributed by atoms with Gasteiger partial charge in [-0.1, -0.05) is 23.7 Å². The van der Waals surface area contributed by atoms with E-state index in [9.17, 15) is 22.4 Å². The third-order valence-corrected chi connectivity index (χ3v) is 7.57. The third kappa shape index (κ3) is 5.20. The van der Waals surface area contributed by atoms with Crippen molar-refractivity contribution in [2.24, 2.45) is 0 Å². The van der Waals surface area contributed by atoms with Crippen molar-refractivity contribution < 1.29 is 22.4 Å². The number of anilines is 1. The summed E-state index contributed by atoms with van der Waals surface area (Å²) in [4.78, 5) is 27.4. The molecule has 0 N–H and O–H groups in total. The van der Waals surface area contributed by atoms with Crippen LogP contribution in [0.25, 0.3) is 5.57 Å². The van der Waals surface area contributed by atoms with Crippen molar-refractivity contribution in [2.45, 2.75) is 43.9 Å². The van der Waals surface area contributed by atoms with Crippen LogP contribution < -0.4 is 4.90 Å². The Kier molecular flexibility index (Phi) is 6.91. The summed E-state index contributed by atoms with van der Waals surface area (Å²) in [6.07, 6.45) is 2.58. The number of fused-ring (bicyclic) bond motifs is 2. The van der Waals surface area contributed by atoms with E-state index in [0.29, 0.717) is 44.0 Å². The number of nitrogens with zero attached hydrogens (tertiary/aromatic N) is 5. The molecule has 11 heteroatoms. The van der Waals surface area contributed by atoms with Crippen LogP contribution in [0.4, 0.5) is 23.5 Å². The fourth-order valence-corrected chi connectivity index (χ4v) is 5.67. The zero-order valence-electron chi connectivity index (χ0n) is 19.5. The maximum atomic E-state index is 13.2. The fourth-order valence-electron chi connectivity index (χ4n) is 5.45.